The van der Waals surface area contributed by atoms with Crippen LogP contribution in [0.5, 0.6) is 0 Å². The number of allylic oxidation sites excluding steroid dienone is 6. The molecule has 0 bridgehead atoms. The van der Waals surface area contributed by atoms with Gasteiger partial charge in [0.15, 0.2) is 0 Å². The highest BCUT2D eigenvalue weighted by Crippen LogP contribution is 1.98. The van der Waals surface area contributed by atoms with Gasteiger partial charge in [0.05, 0.1) is 0 Å². The molecule has 0 rings (SSSR count). The summed E-state index contributed by atoms with van der Waals surface area (Å²) in [5.74, 6) is 0. The van der Waals surface area contributed by atoms with Crippen LogP contribution in [0, 0.1) is 0 Å². The van der Waals surface area contributed by atoms with Crippen molar-refractivity contribution in [1.82, 2.24) is 0 Å². The summed E-state index contributed by atoms with van der Waals surface area (Å²) in [4.78, 5) is 0. The third kappa shape index (κ3) is 11.5. The Morgan fingerprint density at radius 2 is 1.50 bits per heavy atom. The molecule has 0 aliphatic carbocycles. The van der Waals surface area contributed by atoms with Gasteiger partial charge < -0.3 is 0 Å². The zero-order valence-electron chi connectivity index (χ0n) is 8.14. The van der Waals surface area contributed by atoms with Crippen molar-refractivity contribution in [3.05, 3.63) is 61.8 Å². The summed E-state index contributed by atoms with van der Waals surface area (Å²) in [7, 11) is 0. The SMILES string of the molecule is C=C.C=C(C)/C=C/C(=C)/C=C\C. The first kappa shape index (κ1) is 13.3. The van der Waals surface area contributed by atoms with E-state index >= 15 is 0 Å². The Kier molecular flexibility index (Phi) is 10.8. The molecule has 0 aromatic rings. The van der Waals surface area contributed by atoms with Gasteiger partial charge in [-0.15, -0.1) is 13.2 Å². The molecule has 0 heterocycles. The molecule has 0 aliphatic rings. The van der Waals surface area contributed by atoms with E-state index in [1.165, 1.54) is 0 Å². The van der Waals surface area contributed by atoms with Crippen LogP contribution in [0.2, 0.25) is 0 Å². The molecular formula is C12H18. The molecule has 66 valence electrons. The Hall–Kier alpha value is -1.30. The molecule has 0 aromatic carbocycles. The van der Waals surface area contributed by atoms with Gasteiger partial charge in [-0.25, -0.2) is 0 Å². The monoisotopic (exact) mass is 162 g/mol. The lowest BCUT2D eigenvalue weighted by Crippen LogP contribution is -1.66. The molecular weight excluding hydrogens is 144 g/mol. The number of hydrogen-bond donors (Lipinski definition) is 0. The smallest absolute Gasteiger partial charge is 0.0332 e. The molecule has 0 spiro atoms. The number of hydrogen-bond acceptors (Lipinski definition) is 0. The molecule has 12 heavy (non-hydrogen) atoms. The molecule has 0 N–H and O–H groups in total. The van der Waals surface area contributed by atoms with Crippen molar-refractivity contribution >= 4 is 0 Å². The van der Waals surface area contributed by atoms with Gasteiger partial charge >= 0.3 is 0 Å². The van der Waals surface area contributed by atoms with Crippen molar-refractivity contribution in [2.24, 2.45) is 0 Å². The average molecular weight is 162 g/mol. The van der Waals surface area contributed by atoms with Crippen molar-refractivity contribution in [3.63, 3.8) is 0 Å². The minimum Gasteiger partial charge on any atom is -0.106 e. The van der Waals surface area contributed by atoms with Crippen LogP contribution in [-0.4, -0.2) is 0 Å². The van der Waals surface area contributed by atoms with Gasteiger partial charge in [-0.2, -0.15) is 0 Å². The Morgan fingerprint density at radius 3 is 1.83 bits per heavy atom. The van der Waals surface area contributed by atoms with E-state index in [-0.39, 0.29) is 0 Å². The maximum absolute atomic E-state index is 3.80. The van der Waals surface area contributed by atoms with Crippen LogP contribution in [-0.2, 0) is 0 Å². The van der Waals surface area contributed by atoms with E-state index in [2.05, 4.69) is 26.3 Å². The van der Waals surface area contributed by atoms with Crippen molar-refractivity contribution in [3.8, 4) is 0 Å². The zero-order chi connectivity index (χ0) is 9.98. The normalized spacial score (nSPS) is 9.50. The van der Waals surface area contributed by atoms with Gasteiger partial charge in [-0.3, -0.25) is 0 Å². The summed E-state index contributed by atoms with van der Waals surface area (Å²) >= 11 is 0. The minimum absolute atomic E-state index is 1.01. The van der Waals surface area contributed by atoms with Gasteiger partial charge in [0, 0.05) is 0 Å². The van der Waals surface area contributed by atoms with E-state index in [1.54, 1.807) is 0 Å². The first-order valence-electron chi connectivity index (χ1n) is 3.82. The van der Waals surface area contributed by atoms with E-state index in [0.717, 1.165) is 11.1 Å². The van der Waals surface area contributed by atoms with E-state index in [1.807, 2.05) is 38.2 Å². The fourth-order valence-electron chi connectivity index (χ4n) is 0.519. The summed E-state index contributed by atoms with van der Waals surface area (Å²) in [5.41, 5.74) is 2.05. The van der Waals surface area contributed by atoms with Crippen molar-refractivity contribution in [2.45, 2.75) is 13.8 Å². The largest absolute Gasteiger partial charge is 0.106 e. The molecule has 0 saturated heterocycles. The highest BCUT2D eigenvalue weighted by Gasteiger charge is 1.77. The average Bonchev–Trinajstić information content (AvgIpc) is 2.05. The lowest BCUT2D eigenvalue weighted by Gasteiger charge is -1.87. The highest BCUT2D eigenvalue weighted by molar-refractivity contribution is 5.30. The van der Waals surface area contributed by atoms with Crippen molar-refractivity contribution in [2.75, 3.05) is 0 Å². The lowest BCUT2D eigenvalue weighted by atomic mass is 10.2. The van der Waals surface area contributed by atoms with Crippen LogP contribution >= 0.6 is 0 Å². The van der Waals surface area contributed by atoms with E-state index in [4.69, 9.17) is 0 Å². The topological polar surface area (TPSA) is 0 Å². The molecule has 0 fully saturated rings. The Bertz CT molecular complexity index is 192. The first-order valence-corrected chi connectivity index (χ1v) is 3.82. The second kappa shape index (κ2) is 9.70. The molecule has 0 aromatic heterocycles. The van der Waals surface area contributed by atoms with Gasteiger partial charge in [0.1, 0.15) is 0 Å². The molecule has 0 heteroatoms. The van der Waals surface area contributed by atoms with E-state index in [0.29, 0.717) is 0 Å². The van der Waals surface area contributed by atoms with Crippen LogP contribution in [0.1, 0.15) is 13.8 Å². The van der Waals surface area contributed by atoms with Crippen LogP contribution < -0.4 is 0 Å². The summed E-state index contributed by atoms with van der Waals surface area (Å²) < 4.78 is 0. The molecule has 0 saturated carbocycles. The lowest BCUT2D eigenvalue weighted by molar-refractivity contribution is 1.54. The predicted molar refractivity (Wildman–Crippen MR) is 59.2 cm³/mol. The Morgan fingerprint density at radius 1 is 1.00 bits per heavy atom. The zero-order valence-corrected chi connectivity index (χ0v) is 8.14. The Labute approximate surface area is 76.3 Å². The van der Waals surface area contributed by atoms with Crippen LogP contribution in [0.4, 0.5) is 0 Å². The predicted octanol–water partition coefficient (Wildman–Crippen LogP) is 4.05. The Balaban J connectivity index is 0. The molecule has 0 aliphatic heterocycles. The fourth-order valence-corrected chi connectivity index (χ4v) is 0.519. The molecule has 0 radical (unpaired) electrons. The standard InChI is InChI=1S/C10H14.C2H4/c1-5-6-10(4)8-7-9(2)3;1-2/h5-8H,2,4H2,1,3H3;1-2H2/b6-5-,8-7+;. The second-order valence-electron chi connectivity index (χ2n) is 2.25. The van der Waals surface area contributed by atoms with Crippen molar-refractivity contribution < 1.29 is 0 Å². The molecule has 0 amide bonds. The maximum Gasteiger partial charge on any atom is -0.0332 e. The summed E-state index contributed by atoms with van der Waals surface area (Å²) in [6.07, 6.45) is 7.81. The third-order valence-corrected chi connectivity index (χ3v) is 0.963. The molecule has 0 unspecified atom stereocenters. The highest BCUT2D eigenvalue weighted by atomic mass is 13.8. The number of rotatable bonds is 3. The summed E-state index contributed by atoms with van der Waals surface area (Å²) in [6.45, 7) is 17.5. The van der Waals surface area contributed by atoms with Gasteiger partial charge in [0.25, 0.3) is 0 Å². The quantitative estimate of drug-likeness (QED) is 0.434. The maximum atomic E-state index is 3.80. The summed E-state index contributed by atoms with van der Waals surface area (Å²) in [5, 5.41) is 0. The van der Waals surface area contributed by atoms with Gasteiger partial charge in [-0.05, 0) is 19.4 Å². The van der Waals surface area contributed by atoms with Crippen molar-refractivity contribution in [1.29, 1.82) is 0 Å². The first-order chi connectivity index (χ1) is 5.66. The minimum atomic E-state index is 1.01. The van der Waals surface area contributed by atoms with Crippen LogP contribution in [0.3, 0.4) is 0 Å². The van der Waals surface area contributed by atoms with E-state index in [9.17, 15) is 0 Å². The second-order valence-corrected chi connectivity index (χ2v) is 2.25. The molecule has 0 atom stereocenters. The van der Waals surface area contributed by atoms with Crippen LogP contribution in [0.25, 0.3) is 0 Å². The third-order valence-electron chi connectivity index (χ3n) is 0.963. The summed E-state index contributed by atoms with van der Waals surface area (Å²) in [6, 6.07) is 0. The van der Waals surface area contributed by atoms with Gasteiger partial charge in [-0.1, -0.05) is 43.0 Å². The fraction of sp³-hybridized carbons (Fsp3) is 0.167. The van der Waals surface area contributed by atoms with Crippen LogP contribution in [0.15, 0.2) is 61.8 Å². The van der Waals surface area contributed by atoms with Gasteiger partial charge in [0.2, 0.25) is 0 Å². The molecule has 0 nitrogen and oxygen atoms in total. The van der Waals surface area contributed by atoms with E-state index < -0.39 is 0 Å².